The van der Waals surface area contributed by atoms with Gasteiger partial charge in [-0.3, -0.25) is 4.99 Å². The molecule has 0 saturated heterocycles. The number of hydrogen-bond acceptors (Lipinski definition) is 3. The van der Waals surface area contributed by atoms with Crippen LogP contribution >= 0.6 is 11.6 Å². The maximum absolute atomic E-state index is 11.7. The molecule has 2 rings (SSSR count). The second kappa shape index (κ2) is 9.71. The first-order valence-electron chi connectivity index (χ1n) is 9.18. The van der Waals surface area contributed by atoms with Crippen molar-refractivity contribution < 1.29 is 9.53 Å². The highest BCUT2D eigenvalue weighted by Crippen LogP contribution is 2.32. The molecular weight excluding hydrogens is 354 g/mol. The first-order valence-corrected chi connectivity index (χ1v) is 9.55. The number of amides is 1. The predicted molar refractivity (Wildman–Crippen MR) is 105 cm³/mol. The molecule has 2 N–H and O–H groups in total. The monoisotopic (exact) mass is 383 g/mol. The number of alkyl carbamates (subject to hydrolysis) is 1. The Morgan fingerprint density at radius 2 is 2.23 bits per heavy atom. The summed E-state index contributed by atoms with van der Waals surface area (Å²) in [5.41, 5.74) is 1.10. The van der Waals surface area contributed by atoms with Crippen LogP contribution in [0.5, 0.6) is 0 Å². The highest BCUT2D eigenvalue weighted by molar-refractivity contribution is 6.30. The van der Waals surface area contributed by atoms with Crippen molar-refractivity contribution in [3.8, 4) is 0 Å². The van der Waals surface area contributed by atoms with Gasteiger partial charge in [0.25, 0.3) is 0 Å². The number of halogens is 1. The van der Waals surface area contributed by atoms with Gasteiger partial charge in [-0.1, -0.05) is 11.6 Å². The molecule has 1 aliphatic rings. The van der Waals surface area contributed by atoms with E-state index in [4.69, 9.17) is 21.3 Å². The van der Waals surface area contributed by atoms with Gasteiger partial charge in [0.15, 0.2) is 5.96 Å². The first kappa shape index (κ1) is 20.4. The van der Waals surface area contributed by atoms with Crippen molar-refractivity contribution in [2.75, 3.05) is 26.7 Å². The summed E-state index contributed by atoms with van der Waals surface area (Å²) in [6.07, 6.45) is 3.78. The van der Waals surface area contributed by atoms with E-state index in [9.17, 15) is 4.79 Å². The van der Waals surface area contributed by atoms with Gasteiger partial charge in [0.05, 0.1) is 30.8 Å². The molecule has 1 fully saturated rings. The van der Waals surface area contributed by atoms with Crippen molar-refractivity contribution >= 4 is 23.7 Å². The van der Waals surface area contributed by atoms with Crippen molar-refractivity contribution in [3.63, 3.8) is 0 Å². The van der Waals surface area contributed by atoms with E-state index in [1.54, 1.807) is 6.92 Å². The van der Waals surface area contributed by atoms with Gasteiger partial charge in [0.1, 0.15) is 0 Å². The fourth-order valence-corrected chi connectivity index (χ4v) is 3.10. The van der Waals surface area contributed by atoms with E-state index in [-0.39, 0.29) is 12.1 Å². The number of hydrogen-bond donors (Lipinski definition) is 2. The molecule has 1 saturated carbocycles. The number of carbonyl (C=O) groups excluding carboxylic acids is 1. The van der Waals surface area contributed by atoms with E-state index >= 15 is 0 Å². The molecule has 0 spiro atoms. The molecule has 26 heavy (non-hydrogen) atoms. The summed E-state index contributed by atoms with van der Waals surface area (Å²) in [6.45, 7) is 6.21. The Kier molecular flexibility index (Phi) is 7.63. The van der Waals surface area contributed by atoms with Gasteiger partial charge in [-0.15, -0.1) is 0 Å². The third-order valence-corrected chi connectivity index (χ3v) is 4.58. The van der Waals surface area contributed by atoms with Crippen LogP contribution in [0.15, 0.2) is 17.3 Å². The molecule has 1 aromatic rings. The number of carbonyl (C=O) groups is 1. The number of aromatic nitrogens is 1. The molecule has 8 heteroatoms. The van der Waals surface area contributed by atoms with Crippen LogP contribution < -0.4 is 10.6 Å². The smallest absolute Gasteiger partial charge is 0.407 e. The second-order valence-corrected chi connectivity index (χ2v) is 7.06. The zero-order valence-corrected chi connectivity index (χ0v) is 16.8. The Hall–Kier alpha value is -1.89. The van der Waals surface area contributed by atoms with E-state index in [1.807, 2.05) is 37.8 Å². The van der Waals surface area contributed by atoms with Crippen molar-refractivity contribution in [3.05, 3.63) is 23.0 Å². The molecule has 1 unspecified atom stereocenters. The number of aliphatic imine (C=N–C) groups is 1. The van der Waals surface area contributed by atoms with E-state index in [0.717, 1.165) is 36.1 Å². The Morgan fingerprint density at radius 1 is 1.50 bits per heavy atom. The average molecular weight is 384 g/mol. The van der Waals surface area contributed by atoms with Crippen molar-refractivity contribution in [2.24, 2.45) is 18.0 Å². The predicted octanol–water partition coefficient (Wildman–Crippen LogP) is 2.60. The van der Waals surface area contributed by atoms with Gasteiger partial charge in [-0.05, 0) is 38.7 Å². The molecule has 0 aliphatic heterocycles. The summed E-state index contributed by atoms with van der Waals surface area (Å²) in [4.78, 5) is 18.5. The standard InChI is InChI=1S/C18H30ClN5O2/c1-5-20-17(24(4)12-15-9-14(19)11-23(15)3)21-10-16(13-7-8-13)22-18(25)26-6-2/h9,11,13,16H,5-8,10,12H2,1-4H3,(H,20,21)(H,22,25). The summed E-state index contributed by atoms with van der Waals surface area (Å²) < 4.78 is 7.02. The summed E-state index contributed by atoms with van der Waals surface area (Å²) in [5.74, 6) is 1.30. The fraction of sp³-hybridized carbons (Fsp3) is 0.667. The van der Waals surface area contributed by atoms with E-state index in [2.05, 4.69) is 15.5 Å². The summed E-state index contributed by atoms with van der Waals surface area (Å²) in [5, 5.41) is 6.98. The maximum atomic E-state index is 11.7. The zero-order valence-electron chi connectivity index (χ0n) is 16.1. The molecule has 1 atom stereocenters. The van der Waals surface area contributed by atoms with Crippen LogP contribution in [0.3, 0.4) is 0 Å². The number of aryl methyl sites for hydroxylation is 1. The molecule has 0 aromatic carbocycles. The van der Waals surface area contributed by atoms with Gasteiger partial charge in [-0.25, -0.2) is 4.79 Å². The molecule has 0 bridgehead atoms. The number of ether oxygens (including phenoxy) is 1. The Balaban J connectivity index is 2.01. The minimum Gasteiger partial charge on any atom is -0.450 e. The normalized spacial score (nSPS) is 15.5. The minimum absolute atomic E-state index is 0.0144. The minimum atomic E-state index is -0.364. The van der Waals surface area contributed by atoms with Gasteiger partial charge in [0, 0.05) is 32.5 Å². The lowest BCUT2D eigenvalue weighted by atomic mass is 10.2. The highest BCUT2D eigenvalue weighted by atomic mass is 35.5. The van der Waals surface area contributed by atoms with Crippen LogP contribution in [0.25, 0.3) is 0 Å². The molecule has 0 radical (unpaired) electrons. The third kappa shape index (κ3) is 6.12. The van der Waals surface area contributed by atoms with Crippen molar-refractivity contribution in [2.45, 2.75) is 39.3 Å². The number of nitrogens with one attached hydrogen (secondary N) is 2. The van der Waals surface area contributed by atoms with Crippen LogP contribution in [0, 0.1) is 5.92 Å². The molecule has 7 nitrogen and oxygen atoms in total. The highest BCUT2D eigenvalue weighted by Gasteiger charge is 2.32. The molecule has 146 valence electrons. The second-order valence-electron chi connectivity index (χ2n) is 6.62. The SMILES string of the molecule is CCNC(=NCC(NC(=O)OCC)C1CC1)N(C)Cc1cc(Cl)cn1C. The summed E-state index contributed by atoms with van der Waals surface area (Å²) >= 11 is 6.07. The number of nitrogens with zero attached hydrogens (tertiary/aromatic N) is 3. The maximum Gasteiger partial charge on any atom is 0.407 e. The molecule has 1 heterocycles. The summed E-state index contributed by atoms with van der Waals surface area (Å²) in [7, 11) is 3.97. The summed E-state index contributed by atoms with van der Waals surface area (Å²) in [6, 6.07) is 1.97. The van der Waals surface area contributed by atoms with Gasteiger partial charge in [-0.2, -0.15) is 0 Å². The van der Waals surface area contributed by atoms with Crippen LogP contribution in [-0.4, -0.2) is 54.3 Å². The van der Waals surface area contributed by atoms with Gasteiger partial charge in [0.2, 0.25) is 0 Å². The van der Waals surface area contributed by atoms with E-state index in [0.29, 0.717) is 25.6 Å². The average Bonchev–Trinajstić information content (AvgIpc) is 3.36. The van der Waals surface area contributed by atoms with Crippen LogP contribution in [-0.2, 0) is 18.3 Å². The van der Waals surface area contributed by atoms with E-state index in [1.165, 1.54) is 0 Å². The lowest BCUT2D eigenvalue weighted by Crippen LogP contribution is -2.42. The lowest BCUT2D eigenvalue weighted by molar-refractivity contribution is 0.147. The van der Waals surface area contributed by atoms with E-state index < -0.39 is 0 Å². The molecule has 1 aliphatic carbocycles. The molecule has 1 amide bonds. The van der Waals surface area contributed by atoms with Crippen LogP contribution in [0.4, 0.5) is 4.79 Å². The van der Waals surface area contributed by atoms with Gasteiger partial charge >= 0.3 is 6.09 Å². The molecule has 1 aromatic heterocycles. The van der Waals surface area contributed by atoms with Crippen molar-refractivity contribution in [1.29, 1.82) is 0 Å². The quantitative estimate of drug-likeness (QED) is 0.534. The third-order valence-electron chi connectivity index (χ3n) is 4.38. The fourth-order valence-electron chi connectivity index (χ4n) is 2.83. The van der Waals surface area contributed by atoms with Gasteiger partial charge < -0.3 is 24.8 Å². The van der Waals surface area contributed by atoms with Crippen LogP contribution in [0.1, 0.15) is 32.4 Å². The van der Waals surface area contributed by atoms with Crippen molar-refractivity contribution in [1.82, 2.24) is 20.1 Å². The Bertz CT molecular complexity index is 627. The first-order chi connectivity index (χ1) is 12.4. The largest absolute Gasteiger partial charge is 0.450 e. The lowest BCUT2D eigenvalue weighted by Gasteiger charge is -2.23. The Labute approximate surface area is 160 Å². The number of guanidine groups is 1. The topological polar surface area (TPSA) is 70.9 Å². The van der Waals surface area contributed by atoms with Crippen LogP contribution in [0.2, 0.25) is 5.02 Å². The Morgan fingerprint density at radius 3 is 2.77 bits per heavy atom. The molecular formula is C18H30ClN5O2. The number of rotatable bonds is 8. The zero-order chi connectivity index (χ0) is 19.1.